The Morgan fingerprint density at radius 3 is 2.64 bits per heavy atom. The minimum atomic E-state index is -4.45. The molecule has 3 heterocycles. The molecule has 1 aliphatic heterocycles. The summed E-state index contributed by atoms with van der Waals surface area (Å²) in [5, 5.41) is 2.80. The highest BCUT2D eigenvalue weighted by Crippen LogP contribution is 2.20. The third-order valence-electron chi connectivity index (χ3n) is 3.58. The predicted molar refractivity (Wildman–Crippen MR) is 86.0 cm³/mol. The van der Waals surface area contributed by atoms with Crippen LogP contribution in [0.3, 0.4) is 0 Å². The lowest BCUT2D eigenvalue weighted by Crippen LogP contribution is -2.49. The zero-order valence-electron chi connectivity index (χ0n) is 13.1. The number of halogens is 3. The number of carbonyl (C=O) groups is 1. The van der Waals surface area contributed by atoms with Crippen molar-refractivity contribution in [2.75, 3.05) is 37.7 Å². The van der Waals surface area contributed by atoms with Gasteiger partial charge in [0.05, 0.1) is 0 Å². The molecule has 1 amide bonds. The normalized spacial score (nSPS) is 15.3. The summed E-state index contributed by atoms with van der Waals surface area (Å²) < 4.78 is 41.2. The molecule has 0 atom stereocenters. The number of nitrogens with zero attached hydrogens (tertiary/aromatic N) is 4. The van der Waals surface area contributed by atoms with E-state index in [1.807, 2.05) is 5.38 Å². The van der Waals surface area contributed by atoms with Crippen LogP contribution in [0, 0.1) is 0 Å². The van der Waals surface area contributed by atoms with Crippen molar-refractivity contribution < 1.29 is 22.7 Å². The first-order chi connectivity index (χ1) is 11.9. The lowest BCUT2D eigenvalue weighted by Gasteiger charge is -2.34. The number of carbonyl (C=O) groups excluding carboxylic acids is 1. The van der Waals surface area contributed by atoms with Gasteiger partial charge < -0.3 is 14.5 Å². The summed E-state index contributed by atoms with van der Waals surface area (Å²) in [6.45, 7) is 0.832. The highest BCUT2D eigenvalue weighted by atomic mass is 32.1. The second-order valence-corrected chi connectivity index (χ2v) is 6.23. The summed E-state index contributed by atoms with van der Waals surface area (Å²) >= 11 is 1.54. The van der Waals surface area contributed by atoms with Crippen molar-refractivity contribution in [3.63, 3.8) is 0 Å². The van der Waals surface area contributed by atoms with E-state index in [1.54, 1.807) is 11.1 Å². The molecule has 1 aliphatic rings. The second-order valence-electron chi connectivity index (χ2n) is 5.36. The third-order valence-corrected chi connectivity index (χ3v) is 4.42. The summed E-state index contributed by atoms with van der Waals surface area (Å²) in [6.07, 6.45) is -2.72. The lowest BCUT2D eigenvalue weighted by molar-refractivity contribution is -0.154. The van der Waals surface area contributed by atoms with Gasteiger partial charge in [0, 0.05) is 43.8 Å². The van der Waals surface area contributed by atoms with Gasteiger partial charge >= 0.3 is 6.18 Å². The van der Waals surface area contributed by atoms with Crippen LogP contribution in [0.1, 0.15) is 10.5 Å². The van der Waals surface area contributed by atoms with E-state index < -0.39 is 12.8 Å². The maximum Gasteiger partial charge on any atom is 0.422 e. The van der Waals surface area contributed by atoms with Gasteiger partial charge in [0.25, 0.3) is 5.91 Å². The molecule has 6 nitrogen and oxygen atoms in total. The van der Waals surface area contributed by atoms with Crippen LogP contribution < -0.4 is 9.64 Å². The number of pyridine rings is 1. The number of thiazole rings is 1. The van der Waals surface area contributed by atoms with Gasteiger partial charge in [0.2, 0.25) is 5.88 Å². The molecule has 2 aromatic heterocycles. The van der Waals surface area contributed by atoms with E-state index in [-0.39, 0.29) is 17.5 Å². The van der Waals surface area contributed by atoms with Gasteiger partial charge in [-0.3, -0.25) is 4.79 Å². The maximum atomic E-state index is 12.5. The average Bonchev–Trinajstić information content (AvgIpc) is 3.14. The van der Waals surface area contributed by atoms with Gasteiger partial charge in [-0.25, -0.2) is 9.97 Å². The van der Waals surface area contributed by atoms with E-state index in [0.717, 1.165) is 5.13 Å². The van der Waals surface area contributed by atoms with E-state index in [9.17, 15) is 18.0 Å². The topological polar surface area (TPSA) is 58.6 Å². The number of alkyl halides is 3. The van der Waals surface area contributed by atoms with Gasteiger partial charge in [0.1, 0.15) is 5.69 Å². The number of aromatic nitrogens is 2. The van der Waals surface area contributed by atoms with E-state index in [1.165, 1.54) is 29.5 Å². The minimum absolute atomic E-state index is 0.0716. The fourth-order valence-corrected chi connectivity index (χ4v) is 3.10. The van der Waals surface area contributed by atoms with Crippen LogP contribution in [0.2, 0.25) is 0 Å². The van der Waals surface area contributed by atoms with Crippen molar-refractivity contribution in [2.24, 2.45) is 0 Å². The molecule has 25 heavy (non-hydrogen) atoms. The average molecular weight is 372 g/mol. The summed E-state index contributed by atoms with van der Waals surface area (Å²) in [5.41, 5.74) is 0.0716. The molecular formula is C15H15F3N4O2S. The van der Waals surface area contributed by atoms with Crippen molar-refractivity contribution in [1.82, 2.24) is 14.9 Å². The van der Waals surface area contributed by atoms with Crippen molar-refractivity contribution in [1.29, 1.82) is 0 Å². The number of hydrogen-bond donors (Lipinski definition) is 0. The van der Waals surface area contributed by atoms with Crippen molar-refractivity contribution in [3.8, 4) is 5.88 Å². The molecular weight excluding hydrogens is 357 g/mol. The van der Waals surface area contributed by atoms with Gasteiger partial charge in [-0.2, -0.15) is 13.2 Å². The SMILES string of the molecule is O=C(c1cccc(OCC(F)(F)F)n1)N1CCN(c2nccs2)CC1. The predicted octanol–water partition coefficient (Wildman–Crippen LogP) is 2.44. The Morgan fingerprint density at radius 1 is 1.24 bits per heavy atom. The van der Waals surface area contributed by atoms with E-state index in [4.69, 9.17) is 0 Å². The van der Waals surface area contributed by atoms with Crippen molar-refractivity contribution >= 4 is 22.4 Å². The molecule has 0 aliphatic carbocycles. The van der Waals surface area contributed by atoms with Crippen molar-refractivity contribution in [3.05, 3.63) is 35.5 Å². The smallest absolute Gasteiger partial charge is 0.422 e. The lowest BCUT2D eigenvalue weighted by atomic mass is 10.2. The first-order valence-electron chi connectivity index (χ1n) is 7.53. The largest absolute Gasteiger partial charge is 0.468 e. The molecule has 0 unspecified atom stereocenters. The Labute approximate surface area is 145 Å². The van der Waals surface area contributed by atoms with Crippen LogP contribution in [0.4, 0.5) is 18.3 Å². The quantitative estimate of drug-likeness (QED) is 0.825. The molecule has 0 spiro atoms. The van der Waals surface area contributed by atoms with Crippen LogP contribution in [0.15, 0.2) is 29.8 Å². The first kappa shape index (κ1) is 17.5. The number of hydrogen-bond acceptors (Lipinski definition) is 6. The molecule has 10 heteroatoms. The molecule has 1 fully saturated rings. The highest BCUT2D eigenvalue weighted by Gasteiger charge is 2.29. The monoisotopic (exact) mass is 372 g/mol. The van der Waals surface area contributed by atoms with E-state index >= 15 is 0 Å². The fraction of sp³-hybridized carbons (Fsp3) is 0.400. The Hall–Kier alpha value is -2.36. The maximum absolute atomic E-state index is 12.5. The zero-order valence-corrected chi connectivity index (χ0v) is 13.9. The number of anilines is 1. The van der Waals surface area contributed by atoms with Crippen LogP contribution in [0.25, 0.3) is 0 Å². The number of piperazine rings is 1. The Bertz CT molecular complexity index is 716. The Kier molecular flexibility index (Phi) is 5.07. The van der Waals surface area contributed by atoms with Crippen molar-refractivity contribution in [2.45, 2.75) is 6.18 Å². The molecule has 0 aromatic carbocycles. The van der Waals surface area contributed by atoms with E-state index in [2.05, 4.69) is 19.6 Å². The fourth-order valence-electron chi connectivity index (χ4n) is 2.41. The van der Waals surface area contributed by atoms with E-state index in [0.29, 0.717) is 26.2 Å². The minimum Gasteiger partial charge on any atom is -0.468 e. The molecule has 0 bridgehead atoms. The standard InChI is InChI=1S/C15H15F3N4O2S/c16-15(17,18)10-24-12-3-1-2-11(20-12)13(23)21-5-7-22(8-6-21)14-19-4-9-25-14/h1-4,9H,5-8,10H2. The molecule has 0 saturated carbocycles. The third kappa shape index (κ3) is 4.59. The molecule has 0 N–H and O–H groups in total. The first-order valence-corrected chi connectivity index (χ1v) is 8.41. The Morgan fingerprint density at radius 2 is 2.00 bits per heavy atom. The van der Waals surface area contributed by atoms with Gasteiger partial charge in [-0.15, -0.1) is 11.3 Å². The van der Waals surface area contributed by atoms with Crippen LogP contribution in [0.5, 0.6) is 5.88 Å². The zero-order chi connectivity index (χ0) is 17.9. The number of amides is 1. The highest BCUT2D eigenvalue weighted by molar-refractivity contribution is 7.13. The summed E-state index contributed by atoms with van der Waals surface area (Å²) in [4.78, 5) is 24.3. The molecule has 1 saturated heterocycles. The second kappa shape index (κ2) is 7.26. The van der Waals surface area contributed by atoms with Gasteiger partial charge in [-0.1, -0.05) is 6.07 Å². The summed E-state index contributed by atoms with van der Waals surface area (Å²) in [6, 6.07) is 4.22. The number of ether oxygens (including phenoxy) is 1. The van der Waals surface area contributed by atoms with Gasteiger partial charge in [0.15, 0.2) is 11.7 Å². The van der Waals surface area contributed by atoms with Crippen LogP contribution >= 0.6 is 11.3 Å². The Balaban J connectivity index is 1.60. The molecule has 3 rings (SSSR count). The van der Waals surface area contributed by atoms with Crippen LogP contribution in [-0.2, 0) is 0 Å². The summed E-state index contributed by atoms with van der Waals surface area (Å²) in [5.74, 6) is -0.541. The van der Waals surface area contributed by atoms with Crippen LogP contribution in [-0.4, -0.2) is 59.7 Å². The number of rotatable bonds is 4. The molecule has 0 radical (unpaired) electrons. The molecule has 2 aromatic rings. The van der Waals surface area contributed by atoms with Gasteiger partial charge in [-0.05, 0) is 6.07 Å². The molecule has 134 valence electrons. The summed E-state index contributed by atoms with van der Waals surface area (Å²) in [7, 11) is 0.